The van der Waals surface area contributed by atoms with E-state index in [4.69, 9.17) is 27.9 Å². The topological polar surface area (TPSA) is 79.0 Å². The Bertz CT molecular complexity index is 1100. The number of anilines is 1. The fourth-order valence-corrected chi connectivity index (χ4v) is 4.37. The van der Waals surface area contributed by atoms with E-state index in [1.54, 1.807) is 6.07 Å². The number of ether oxygens (including phenoxy) is 1. The Morgan fingerprint density at radius 2 is 2.03 bits per heavy atom. The third-order valence-electron chi connectivity index (χ3n) is 5.24. The van der Waals surface area contributed by atoms with Crippen LogP contribution in [0.25, 0.3) is 11.2 Å². The van der Waals surface area contributed by atoms with Gasteiger partial charge in [0.2, 0.25) is 0 Å². The van der Waals surface area contributed by atoms with Crippen molar-refractivity contribution in [2.24, 2.45) is 0 Å². The first-order valence-corrected chi connectivity index (χ1v) is 10.2. The molecule has 0 aliphatic carbocycles. The number of hydrogen-bond donors (Lipinski definition) is 2. The first kappa shape index (κ1) is 21.9. The van der Waals surface area contributed by atoms with Crippen molar-refractivity contribution in [3.05, 3.63) is 39.9 Å². The molecule has 1 aliphatic heterocycles. The molecule has 3 aromatic rings. The minimum Gasteiger partial charge on any atom is -0.496 e. The molecule has 0 radical (unpaired) electrons. The number of likely N-dealkylation sites (tertiary alicyclic amines) is 1. The van der Waals surface area contributed by atoms with E-state index < -0.39 is 12.7 Å². The lowest BCUT2D eigenvalue weighted by molar-refractivity contribution is -0.154. The zero-order chi connectivity index (χ0) is 22.3. The van der Waals surface area contributed by atoms with Crippen molar-refractivity contribution < 1.29 is 17.9 Å². The number of H-pyrrole nitrogens is 1. The van der Waals surface area contributed by atoms with Crippen LogP contribution >= 0.6 is 23.2 Å². The molecule has 3 heterocycles. The van der Waals surface area contributed by atoms with Gasteiger partial charge in [-0.1, -0.05) is 23.2 Å². The highest BCUT2D eigenvalue weighted by Gasteiger charge is 2.40. The van der Waals surface area contributed by atoms with E-state index in [1.807, 2.05) is 6.92 Å². The molecule has 2 aromatic heterocycles. The summed E-state index contributed by atoms with van der Waals surface area (Å²) >= 11 is 12.8. The highest BCUT2D eigenvalue weighted by molar-refractivity contribution is 6.42. The summed E-state index contributed by atoms with van der Waals surface area (Å²) in [6, 6.07) is 1.38. The minimum atomic E-state index is -4.24. The molecule has 0 amide bonds. The number of methoxy groups -OCH3 is 1. The van der Waals surface area contributed by atoms with Crippen LogP contribution in [0, 0.1) is 0 Å². The van der Waals surface area contributed by atoms with Gasteiger partial charge in [0, 0.05) is 30.1 Å². The Balaban J connectivity index is 1.63. The van der Waals surface area contributed by atoms with Crippen LogP contribution in [0.2, 0.25) is 10.0 Å². The largest absolute Gasteiger partial charge is 0.496 e. The highest BCUT2D eigenvalue weighted by Crippen LogP contribution is 2.46. The fourth-order valence-electron chi connectivity index (χ4n) is 3.85. The third kappa shape index (κ3) is 4.37. The lowest BCUT2D eigenvalue weighted by atomic mass is 9.88. The molecule has 1 atom stereocenters. The normalized spacial score (nSPS) is 16.4. The van der Waals surface area contributed by atoms with Gasteiger partial charge in [0.15, 0.2) is 11.5 Å². The second-order valence-corrected chi connectivity index (χ2v) is 8.19. The molecule has 0 saturated carbocycles. The number of rotatable bonds is 6. The second kappa shape index (κ2) is 8.33. The van der Waals surface area contributed by atoms with Gasteiger partial charge in [-0.3, -0.25) is 4.90 Å². The van der Waals surface area contributed by atoms with Crippen LogP contribution in [0.1, 0.15) is 30.0 Å². The highest BCUT2D eigenvalue weighted by atomic mass is 35.5. The minimum absolute atomic E-state index is 0.216. The van der Waals surface area contributed by atoms with E-state index in [0.29, 0.717) is 43.9 Å². The van der Waals surface area contributed by atoms with Crippen LogP contribution in [0.3, 0.4) is 0 Å². The van der Waals surface area contributed by atoms with Crippen molar-refractivity contribution >= 4 is 40.2 Å². The fraction of sp³-hybridized carbons (Fsp3) is 0.421. The molecule has 1 aromatic carbocycles. The summed E-state index contributed by atoms with van der Waals surface area (Å²) in [5.74, 6) is 0.804. The van der Waals surface area contributed by atoms with Gasteiger partial charge in [-0.15, -0.1) is 0 Å². The summed E-state index contributed by atoms with van der Waals surface area (Å²) in [6.45, 7) is 1.37. The Morgan fingerprint density at radius 1 is 1.29 bits per heavy atom. The Morgan fingerprint density at radius 3 is 2.71 bits per heavy atom. The lowest BCUT2D eigenvalue weighted by Crippen LogP contribution is -2.49. The lowest BCUT2D eigenvalue weighted by Gasteiger charge is -2.41. The Labute approximate surface area is 185 Å². The van der Waals surface area contributed by atoms with Gasteiger partial charge in [0.25, 0.3) is 0 Å². The number of benzene rings is 1. The number of fused-ring (bicyclic) bond motifs is 1. The number of nitrogens with zero attached hydrogens (tertiary/aromatic N) is 4. The van der Waals surface area contributed by atoms with Gasteiger partial charge in [0.05, 0.1) is 36.1 Å². The molecule has 12 heteroatoms. The number of aromatic nitrogens is 4. The van der Waals surface area contributed by atoms with Crippen LogP contribution < -0.4 is 10.1 Å². The van der Waals surface area contributed by atoms with Crippen LogP contribution in [0.5, 0.6) is 5.75 Å². The summed E-state index contributed by atoms with van der Waals surface area (Å²) in [6.07, 6.45) is -1.31. The molecule has 1 unspecified atom stereocenters. The number of halogens is 5. The number of imidazole rings is 1. The van der Waals surface area contributed by atoms with Gasteiger partial charge in [0.1, 0.15) is 17.6 Å². The standard InChI is InChI=1S/C19H19Cl2F3N6O/c1-9(29-18-15-17(26-7-25-15)27-8-28-18)11-3-12(20)14(21)13(16(11)31-2)10-4-30(5-10)6-19(22,23)24/h3,7-10H,4-6H2,1-2H3,(H2,25,26,27,28,29). The predicted molar refractivity (Wildman–Crippen MR) is 112 cm³/mol. The monoisotopic (exact) mass is 474 g/mol. The summed E-state index contributed by atoms with van der Waals surface area (Å²) in [5.41, 5.74) is 2.50. The Hall–Kier alpha value is -2.30. The van der Waals surface area contributed by atoms with Crippen molar-refractivity contribution in [1.29, 1.82) is 0 Å². The van der Waals surface area contributed by atoms with E-state index in [0.717, 1.165) is 0 Å². The molecule has 7 nitrogen and oxygen atoms in total. The summed E-state index contributed by atoms with van der Waals surface area (Å²) < 4.78 is 43.7. The maximum Gasteiger partial charge on any atom is 0.401 e. The molecule has 0 spiro atoms. The van der Waals surface area contributed by atoms with E-state index in [9.17, 15) is 13.2 Å². The summed E-state index contributed by atoms with van der Waals surface area (Å²) in [5, 5.41) is 3.88. The van der Waals surface area contributed by atoms with Crippen molar-refractivity contribution in [3.8, 4) is 5.75 Å². The van der Waals surface area contributed by atoms with Crippen molar-refractivity contribution in [1.82, 2.24) is 24.8 Å². The molecular formula is C19H19Cl2F3N6O. The third-order valence-corrected chi connectivity index (χ3v) is 6.05. The molecule has 2 N–H and O–H groups in total. The maximum atomic E-state index is 12.7. The molecular weight excluding hydrogens is 456 g/mol. The molecule has 166 valence electrons. The van der Waals surface area contributed by atoms with Crippen LogP contribution in [0.15, 0.2) is 18.7 Å². The first-order chi connectivity index (χ1) is 14.7. The van der Waals surface area contributed by atoms with Gasteiger partial charge in [-0.25, -0.2) is 15.0 Å². The van der Waals surface area contributed by atoms with Gasteiger partial charge < -0.3 is 15.0 Å². The molecule has 31 heavy (non-hydrogen) atoms. The van der Waals surface area contributed by atoms with Crippen LogP contribution in [0.4, 0.5) is 19.0 Å². The average Bonchev–Trinajstić information content (AvgIpc) is 3.15. The number of alkyl halides is 3. The van der Waals surface area contributed by atoms with Crippen molar-refractivity contribution in [2.45, 2.75) is 25.1 Å². The van der Waals surface area contributed by atoms with Gasteiger partial charge >= 0.3 is 6.18 Å². The summed E-state index contributed by atoms with van der Waals surface area (Å²) in [4.78, 5) is 16.8. The van der Waals surface area contributed by atoms with E-state index in [-0.39, 0.29) is 25.0 Å². The van der Waals surface area contributed by atoms with E-state index in [2.05, 4.69) is 25.3 Å². The summed E-state index contributed by atoms with van der Waals surface area (Å²) in [7, 11) is 1.50. The zero-order valence-electron chi connectivity index (χ0n) is 16.6. The van der Waals surface area contributed by atoms with Gasteiger partial charge in [-0.05, 0) is 13.0 Å². The molecule has 1 fully saturated rings. The second-order valence-electron chi connectivity index (χ2n) is 7.40. The molecule has 1 saturated heterocycles. The van der Waals surface area contributed by atoms with Crippen LogP contribution in [-0.4, -0.2) is 57.8 Å². The van der Waals surface area contributed by atoms with E-state index >= 15 is 0 Å². The van der Waals surface area contributed by atoms with E-state index in [1.165, 1.54) is 24.7 Å². The number of hydrogen-bond acceptors (Lipinski definition) is 6. The Kier molecular flexibility index (Phi) is 5.89. The SMILES string of the molecule is COc1c(C(C)Nc2ncnc3[nH]cnc23)cc(Cl)c(Cl)c1C1CN(CC(F)(F)F)C1. The quantitative estimate of drug-likeness (QED) is 0.533. The molecule has 4 rings (SSSR count). The number of nitrogens with one attached hydrogen (secondary N) is 2. The number of aromatic amines is 1. The van der Waals surface area contributed by atoms with Crippen molar-refractivity contribution in [3.63, 3.8) is 0 Å². The van der Waals surface area contributed by atoms with Crippen molar-refractivity contribution in [2.75, 3.05) is 32.1 Å². The molecule has 1 aliphatic rings. The van der Waals surface area contributed by atoms with Gasteiger partial charge in [-0.2, -0.15) is 13.2 Å². The van der Waals surface area contributed by atoms with Crippen LogP contribution in [-0.2, 0) is 0 Å². The maximum absolute atomic E-state index is 12.7. The zero-order valence-corrected chi connectivity index (χ0v) is 18.1. The first-order valence-electron chi connectivity index (χ1n) is 9.43. The molecule has 0 bridgehead atoms. The predicted octanol–water partition coefficient (Wildman–Crippen LogP) is 4.80. The average molecular weight is 475 g/mol. The smallest absolute Gasteiger partial charge is 0.401 e.